The Morgan fingerprint density at radius 2 is 1.68 bits per heavy atom. The number of rotatable bonds is 2. The van der Waals surface area contributed by atoms with E-state index in [-0.39, 0.29) is 17.2 Å². The predicted octanol–water partition coefficient (Wildman–Crippen LogP) is 3.40. The van der Waals surface area contributed by atoms with Crippen molar-refractivity contribution >= 4 is 22.4 Å². The first kappa shape index (κ1) is 14.1. The number of H-pyrrole nitrogens is 1. The normalized spacial score (nSPS) is 10.6. The summed E-state index contributed by atoms with van der Waals surface area (Å²) >= 11 is 0. The van der Waals surface area contributed by atoms with Gasteiger partial charge in [0.05, 0.1) is 0 Å². The molecule has 3 aromatic rings. The lowest BCUT2D eigenvalue weighted by Crippen LogP contribution is -2.19. The molecule has 0 radical (unpaired) electrons. The first-order valence-corrected chi connectivity index (χ1v) is 7.04. The number of nitrogens with one attached hydrogen (secondary N) is 2. The van der Waals surface area contributed by atoms with Crippen molar-refractivity contribution in [3.8, 4) is 0 Å². The molecule has 22 heavy (non-hydrogen) atoms. The number of hydrogen-bond donors (Lipinski definition) is 2. The maximum absolute atomic E-state index is 12.4. The Bertz CT molecular complexity index is 906. The van der Waals surface area contributed by atoms with E-state index in [0.29, 0.717) is 5.39 Å². The summed E-state index contributed by atoms with van der Waals surface area (Å²) in [6.07, 6.45) is 0. The fourth-order valence-electron chi connectivity index (χ4n) is 2.58. The van der Waals surface area contributed by atoms with Gasteiger partial charge < -0.3 is 10.3 Å². The maximum Gasteiger partial charge on any atom is 0.272 e. The van der Waals surface area contributed by atoms with E-state index in [1.54, 1.807) is 18.2 Å². The quantitative estimate of drug-likeness (QED) is 0.760. The van der Waals surface area contributed by atoms with Gasteiger partial charge in [-0.25, -0.2) is 0 Å². The van der Waals surface area contributed by atoms with E-state index in [1.165, 1.54) is 0 Å². The SMILES string of the molecule is Cc1cc(C)cc(NC(=O)c2cc3ccccc3c(=O)[nH]2)c1. The lowest BCUT2D eigenvalue weighted by Gasteiger charge is -2.08. The molecule has 4 heteroatoms. The van der Waals surface area contributed by atoms with Gasteiger partial charge in [-0.05, 0) is 54.6 Å². The van der Waals surface area contributed by atoms with Crippen molar-refractivity contribution in [2.45, 2.75) is 13.8 Å². The Morgan fingerprint density at radius 3 is 2.41 bits per heavy atom. The summed E-state index contributed by atoms with van der Waals surface area (Å²) in [6, 6.07) is 14.7. The van der Waals surface area contributed by atoms with Crippen LogP contribution in [0.5, 0.6) is 0 Å². The van der Waals surface area contributed by atoms with Crippen LogP contribution in [-0.4, -0.2) is 10.9 Å². The average molecular weight is 292 g/mol. The van der Waals surface area contributed by atoms with Crippen molar-refractivity contribution in [1.82, 2.24) is 4.98 Å². The van der Waals surface area contributed by atoms with Crippen LogP contribution in [0, 0.1) is 13.8 Å². The molecule has 0 saturated carbocycles. The second kappa shape index (κ2) is 5.48. The number of anilines is 1. The number of fused-ring (bicyclic) bond motifs is 1. The van der Waals surface area contributed by atoms with Gasteiger partial charge in [-0.1, -0.05) is 24.3 Å². The summed E-state index contributed by atoms with van der Waals surface area (Å²) in [5.74, 6) is -0.326. The van der Waals surface area contributed by atoms with Gasteiger partial charge in [0.25, 0.3) is 11.5 Å². The summed E-state index contributed by atoms with van der Waals surface area (Å²) < 4.78 is 0. The molecule has 0 fully saturated rings. The molecular formula is C18H16N2O2. The van der Waals surface area contributed by atoms with Gasteiger partial charge in [0.1, 0.15) is 5.69 Å². The number of aryl methyl sites for hydroxylation is 2. The van der Waals surface area contributed by atoms with Crippen LogP contribution in [0.25, 0.3) is 10.8 Å². The van der Waals surface area contributed by atoms with E-state index in [0.717, 1.165) is 22.2 Å². The molecule has 2 aromatic carbocycles. The van der Waals surface area contributed by atoms with Crippen molar-refractivity contribution in [3.63, 3.8) is 0 Å². The second-order valence-electron chi connectivity index (χ2n) is 5.43. The van der Waals surface area contributed by atoms with Crippen molar-refractivity contribution in [2.24, 2.45) is 0 Å². The zero-order chi connectivity index (χ0) is 15.7. The Kier molecular flexibility index (Phi) is 3.51. The van der Waals surface area contributed by atoms with Gasteiger partial charge in [0, 0.05) is 11.1 Å². The van der Waals surface area contributed by atoms with Crippen molar-refractivity contribution in [3.05, 3.63) is 75.7 Å². The van der Waals surface area contributed by atoms with Crippen molar-refractivity contribution in [2.75, 3.05) is 5.32 Å². The molecule has 0 aliphatic heterocycles. The monoisotopic (exact) mass is 292 g/mol. The summed E-state index contributed by atoms with van der Waals surface area (Å²) in [5.41, 5.74) is 2.85. The molecule has 3 rings (SSSR count). The Labute approximate surface area is 127 Å². The Hall–Kier alpha value is -2.88. The molecule has 1 aromatic heterocycles. The number of hydrogen-bond acceptors (Lipinski definition) is 2. The van der Waals surface area contributed by atoms with E-state index < -0.39 is 0 Å². The van der Waals surface area contributed by atoms with Gasteiger partial charge >= 0.3 is 0 Å². The van der Waals surface area contributed by atoms with Gasteiger partial charge in [-0.3, -0.25) is 9.59 Å². The number of pyridine rings is 1. The molecule has 0 aliphatic rings. The highest BCUT2D eigenvalue weighted by Gasteiger charge is 2.10. The van der Waals surface area contributed by atoms with Crippen molar-refractivity contribution < 1.29 is 4.79 Å². The highest BCUT2D eigenvalue weighted by Crippen LogP contribution is 2.15. The highest BCUT2D eigenvalue weighted by molar-refractivity contribution is 6.04. The zero-order valence-corrected chi connectivity index (χ0v) is 12.4. The van der Waals surface area contributed by atoms with E-state index in [4.69, 9.17) is 0 Å². The van der Waals surface area contributed by atoms with Gasteiger partial charge in [0.15, 0.2) is 0 Å². The molecule has 0 unspecified atom stereocenters. The van der Waals surface area contributed by atoms with Crippen LogP contribution in [0.1, 0.15) is 21.6 Å². The number of aromatic nitrogens is 1. The van der Waals surface area contributed by atoms with Crippen LogP contribution in [-0.2, 0) is 0 Å². The minimum Gasteiger partial charge on any atom is -0.321 e. The minimum absolute atomic E-state index is 0.253. The number of carbonyl (C=O) groups excluding carboxylic acids is 1. The molecule has 0 bridgehead atoms. The topological polar surface area (TPSA) is 62.0 Å². The highest BCUT2D eigenvalue weighted by atomic mass is 16.2. The third-order valence-corrected chi connectivity index (χ3v) is 3.48. The molecule has 1 heterocycles. The smallest absolute Gasteiger partial charge is 0.272 e. The number of carbonyl (C=O) groups is 1. The summed E-state index contributed by atoms with van der Waals surface area (Å²) in [4.78, 5) is 27.0. The van der Waals surface area contributed by atoms with Crippen LogP contribution < -0.4 is 10.9 Å². The first-order valence-electron chi connectivity index (χ1n) is 7.04. The molecule has 0 spiro atoms. The van der Waals surface area contributed by atoms with Crippen molar-refractivity contribution in [1.29, 1.82) is 0 Å². The molecule has 2 N–H and O–H groups in total. The lowest BCUT2D eigenvalue weighted by atomic mass is 10.1. The molecule has 0 atom stereocenters. The van der Waals surface area contributed by atoms with Gasteiger partial charge in [-0.15, -0.1) is 0 Å². The standard InChI is InChI=1S/C18H16N2O2/c1-11-7-12(2)9-14(8-11)19-18(22)16-10-13-5-3-4-6-15(13)17(21)20-16/h3-10H,1-2H3,(H,19,22)(H,20,21). The van der Waals surface area contributed by atoms with Crippen LogP contribution in [0.15, 0.2) is 53.3 Å². The third kappa shape index (κ3) is 2.76. The molecule has 1 amide bonds. The fraction of sp³-hybridized carbons (Fsp3) is 0.111. The molecule has 4 nitrogen and oxygen atoms in total. The van der Waals surface area contributed by atoms with E-state index >= 15 is 0 Å². The first-order chi connectivity index (χ1) is 10.5. The largest absolute Gasteiger partial charge is 0.321 e. The molecular weight excluding hydrogens is 276 g/mol. The van der Waals surface area contributed by atoms with Crippen LogP contribution >= 0.6 is 0 Å². The molecule has 0 aliphatic carbocycles. The van der Waals surface area contributed by atoms with E-state index in [9.17, 15) is 9.59 Å². The zero-order valence-electron chi connectivity index (χ0n) is 12.4. The summed E-state index contributed by atoms with van der Waals surface area (Å²) in [6.45, 7) is 3.95. The van der Waals surface area contributed by atoms with E-state index in [2.05, 4.69) is 10.3 Å². The fourth-order valence-corrected chi connectivity index (χ4v) is 2.58. The maximum atomic E-state index is 12.4. The second-order valence-corrected chi connectivity index (χ2v) is 5.43. The third-order valence-electron chi connectivity index (χ3n) is 3.48. The minimum atomic E-state index is -0.326. The summed E-state index contributed by atoms with van der Waals surface area (Å²) in [5, 5.41) is 4.14. The van der Waals surface area contributed by atoms with Crippen LogP contribution in [0.4, 0.5) is 5.69 Å². The number of benzene rings is 2. The number of aromatic amines is 1. The molecule has 0 saturated heterocycles. The average Bonchev–Trinajstić information content (AvgIpc) is 2.46. The van der Waals surface area contributed by atoms with Gasteiger partial charge in [-0.2, -0.15) is 0 Å². The molecule has 110 valence electrons. The lowest BCUT2D eigenvalue weighted by molar-refractivity contribution is 0.102. The van der Waals surface area contributed by atoms with Crippen LogP contribution in [0.3, 0.4) is 0 Å². The van der Waals surface area contributed by atoms with Crippen LogP contribution in [0.2, 0.25) is 0 Å². The summed E-state index contributed by atoms with van der Waals surface area (Å²) in [7, 11) is 0. The van der Waals surface area contributed by atoms with E-state index in [1.807, 2.05) is 44.2 Å². The predicted molar refractivity (Wildman–Crippen MR) is 88.4 cm³/mol. The Balaban J connectivity index is 1.97. The number of amides is 1. The van der Waals surface area contributed by atoms with Gasteiger partial charge in [0.2, 0.25) is 0 Å². The Morgan fingerprint density at radius 1 is 1.00 bits per heavy atom.